The molecule has 104 valence electrons. The molecular weight excluding hydrogens is 246 g/mol. The molecule has 1 fully saturated rings. The molecule has 6 nitrogen and oxygen atoms in total. The van der Waals surface area contributed by atoms with Crippen LogP contribution in [0.15, 0.2) is 10.9 Å². The molecule has 1 aliphatic rings. The molecule has 0 atom stereocenters. The monoisotopic (exact) mass is 265 g/mol. The average molecular weight is 265 g/mol. The van der Waals surface area contributed by atoms with E-state index in [2.05, 4.69) is 14.6 Å². The highest BCUT2D eigenvalue weighted by Gasteiger charge is 2.19. The summed E-state index contributed by atoms with van der Waals surface area (Å²) >= 11 is 0. The van der Waals surface area contributed by atoms with Crippen LogP contribution in [0.25, 0.3) is 0 Å². The van der Waals surface area contributed by atoms with Crippen molar-refractivity contribution in [3.8, 4) is 0 Å². The van der Waals surface area contributed by atoms with Crippen LogP contribution in [0.1, 0.15) is 25.0 Å². The number of hydrogen-bond acceptors (Lipinski definition) is 5. The van der Waals surface area contributed by atoms with Crippen molar-refractivity contribution < 1.29 is 9.53 Å². The Morgan fingerprint density at radius 1 is 1.37 bits per heavy atom. The van der Waals surface area contributed by atoms with Crippen molar-refractivity contribution in [1.29, 1.82) is 0 Å². The Morgan fingerprint density at radius 3 is 2.68 bits per heavy atom. The second-order valence-corrected chi connectivity index (χ2v) is 4.75. The van der Waals surface area contributed by atoms with Crippen molar-refractivity contribution in [2.75, 3.05) is 25.1 Å². The van der Waals surface area contributed by atoms with E-state index in [9.17, 15) is 9.59 Å². The molecule has 0 radical (unpaired) electrons. The number of aromatic nitrogens is 2. The fourth-order valence-corrected chi connectivity index (χ4v) is 2.28. The highest BCUT2D eigenvalue weighted by atomic mass is 16.5. The van der Waals surface area contributed by atoms with Crippen LogP contribution in [0.2, 0.25) is 0 Å². The van der Waals surface area contributed by atoms with Crippen LogP contribution in [0.3, 0.4) is 0 Å². The second-order valence-electron chi connectivity index (χ2n) is 4.75. The zero-order chi connectivity index (χ0) is 13.8. The largest absolute Gasteiger partial charge is 0.468 e. The molecular formula is C13H19N3O3. The number of carbonyl (C=O) groups is 1. The molecule has 1 aromatic rings. The summed E-state index contributed by atoms with van der Waals surface area (Å²) in [6.07, 6.45) is 3.37. The Kier molecular flexibility index (Phi) is 4.19. The number of rotatable bonds is 3. The number of nitrogens with zero attached hydrogens (tertiary/aromatic N) is 3. The summed E-state index contributed by atoms with van der Waals surface area (Å²) in [5.41, 5.74) is 0.463. The molecule has 0 unspecified atom stereocenters. The van der Waals surface area contributed by atoms with Gasteiger partial charge in [-0.1, -0.05) is 0 Å². The lowest BCUT2D eigenvalue weighted by atomic mass is 10.1. The average Bonchev–Trinajstić information content (AvgIpc) is 2.42. The molecule has 0 saturated carbocycles. The van der Waals surface area contributed by atoms with Gasteiger partial charge >= 0.3 is 5.97 Å². The number of esters is 1. The Labute approximate surface area is 112 Å². The molecule has 1 saturated heterocycles. The van der Waals surface area contributed by atoms with Gasteiger partial charge in [0.15, 0.2) is 0 Å². The van der Waals surface area contributed by atoms with E-state index in [1.807, 2.05) is 0 Å². The molecule has 0 aliphatic carbocycles. The van der Waals surface area contributed by atoms with Gasteiger partial charge in [0.1, 0.15) is 6.54 Å². The van der Waals surface area contributed by atoms with Crippen LogP contribution in [0, 0.1) is 6.92 Å². The van der Waals surface area contributed by atoms with Gasteiger partial charge in [-0.25, -0.2) is 4.98 Å². The molecule has 0 spiro atoms. The van der Waals surface area contributed by atoms with Gasteiger partial charge in [-0.05, 0) is 26.2 Å². The Bertz CT molecular complexity index is 518. The highest BCUT2D eigenvalue weighted by Crippen LogP contribution is 2.16. The summed E-state index contributed by atoms with van der Waals surface area (Å²) in [6.45, 7) is 3.44. The van der Waals surface area contributed by atoms with Gasteiger partial charge in [-0.3, -0.25) is 14.2 Å². The van der Waals surface area contributed by atoms with Crippen LogP contribution in [-0.2, 0) is 16.1 Å². The van der Waals surface area contributed by atoms with Gasteiger partial charge in [-0.15, -0.1) is 0 Å². The summed E-state index contributed by atoms with van der Waals surface area (Å²) in [4.78, 5) is 30.0. The third kappa shape index (κ3) is 3.13. The number of piperidine rings is 1. The maximum atomic E-state index is 12.0. The summed E-state index contributed by atoms with van der Waals surface area (Å²) < 4.78 is 6.03. The number of aryl methyl sites for hydroxylation is 1. The quantitative estimate of drug-likeness (QED) is 0.753. The molecule has 0 bridgehead atoms. The predicted molar refractivity (Wildman–Crippen MR) is 71.3 cm³/mol. The van der Waals surface area contributed by atoms with Gasteiger partial charge in [-0.2, -0.15) is 0 Å². The fourth-order valence-electron chi connectivity index (χ4n) is 2.28. The number of methoxy groups -OCH3 is 1. The third-order valence-corrected chi connectivity index (χ3v) is 3.27. The van der Waals surface area contributed by atoms with E-state index < -0.39 is 5.97 Å². The molecule has 0 N–H and O–H groups in total. The van der Waals surface area contributed by atoms with Gasteiger partial charge in [0.25, 0.3) is 5.56 Å². The first-order valence-corrected chi connectivity index (χ1v) is 6.52. The first kappa shape index (κ1) is 13.6. The fraction of sp³-hybridized carbons (Fsp3) is 0.615. The van der Waals surface area contributed by atoms with Crippen molar-refractivity contribution in [3.63, 3.8) is 0 Å². The van der Waals surface area contributed by atoms with Crippen molar-refractivity contribution in [2.45, 2.75) is 32.7 Å². The topological polar surface area (TPSA) is 64.4 Å². The Hall–Kier alpha value is -1.85. The maximum Gasteiger partial charge on any atom is 0.325 e. The summed E-state index contributed by atoms with van der Waals surface area (Å²) in [5.74, 6) is 0.140. The number of anilines is 1. The van der Waals surface area contributed by atoms with E-state index in [-0.39, 0.29) is 12.1 Å². The highest BCUT2D eigenvalue weighted by molar-refractivity contribution is 5.69. The van der Waals surface area contributed by atoms with Crippen LogP contribution in [-0.4, -0.2) is 35.7 Å². The zero-order valence-corrected chi connectivity index (χ0v) is 11.4. The number of ether oxygens (including phenoxy) is 1. The summed E-state index contributed by atoms with van der Waals surface area (Å²) in [6, 6.07) is 1.44. The molecule has 19 heavy (non-hydrogen) atoms. The molecule has 0 aromatic carbocycles. The first-order valence-electron chi connectivity index (χ1n) is 6.52. The smallest absolute Gasteiger partial charge is 0.325 e. The maximum absolute atomic E-state index is 12.0. The second kappa shape index (κ2) is 5.86. The lowest BCUT2D eigenvalue weighted by Crippen LogP contribution is -2.37. The lowest BCUT2D eigenvalue weighted by molar-refractivity contribution is -0.141. The van der Waals surface area contributed by atoms with Crippen molar-refractivity contribution in [3.05, 3.63) is 22.1 Å². The van der Waals surface area contributed by atoms with Crippen molar-refractivity contribution in [2.24, 2.45) is 0 Å². The van der Waals surface area contributed by atoms with E-state index in [1.54, 1.807) is 6.92 Å². The normalized spacial score (nSPS) is 15.4. The SMILES string of the molecule is COC(=O)Cn1c(N2CCCCC2)nc(C)cc1=O. The molecule has 1 aliphatic heterocycles. The van der Waals surface area contributed by atoms with Crippen LogP contribution in [0.4, 0.5) is 5.95 Å². The Balaban J connectivity index is 2.38. The molecule has 1 aromatic heterocycles. The van der Waals surface area contributed by atoms with Crippen LogP contribution in [0.5, 0.6) is 0 Å². The minimum Gasteiger partial charge on any atom is -0.468 e. The van der Waals surface area contributed by atoms with E-state index in [0.29, 0.717) is 11.6 Å². The van der Waals surface area contributed by atoms with Crippen LogP contribution >= 0.6 is 0 Å². The minimum atomic E-state index is -0.439. The van der Waals surface area contributed by atoms with E-state index in [1.165, 1.54) is 24.2 Å². The van der Waals surface area contributed by atoms with Gasteiger partial charge in [0.05, 0.1) is 7.11 Å². The van der Waals surface area contributed by atoms with Gasteiger partial charge in [0.2, 0.25) is 5.95 Å². The lowest BCUT2D eigenvalue weighted by Gasteiger charge is -2.29. The minimum absolute atomic E-state index is 0.0888. The van der Waals surface area contributed by atoms with Crippen molar-refractivity contribution >= 4 is 11.9 Å². The molecule has 6 heteroatoms. The Morgan fingerprint density at radius 2 is 2.05 bits per heavy atom. The zero-order valence-electron chi connectivity index (χ0n) is 11.4. The standard InChI is InChI=1S/C13H19N3O3/c1-10-8-11(17)16(9-12(18)19-2)13(14-10)15-6-4-3-5-7-15/h8H,3-7,9H2,1-2H3. The summed E-state index contributed by atoms with van der Waals surface area (Å²) in [5, 5.41) is 0. The molecule has 0 amide bonds. The van der Waals surface area contributed by atoms with Gasteiger partial charge in [0, 0.05) is 24.8 Å². The molecule has 2 heterocycles. The van der Waals surface area contributed by atoms with E-state index in [0.717, 1.165) is 25.9 Å². The summed E-state index contributed by atoms with van der Waals surface area (Å²) in [7, 11) is 1.32. The van der Waals surface area contributed by atoms with Crippen molar-refractivity contribution in [1.82, 2.24) is 9.55 Å². The van der Waals surface area contributed by atoms with E-state index in [4.69, 9.17) is 0 Å². The van der Waals surface area contributed by atoms with E-state index >= 15 is 0 Å². The first-order chi connectivity index (χ1) is 9.11. The number of carbonyl (C=O) groups excluding carboxylic acids is 1. The third-order valence-electron chi connectivity index (χ3n) is 3.27. The van der Waals surface area contributed by atoms with Gasteiger partial charge < -0.3 is 9.64 Å². The number of hydrogen-bond donors (Lipinski definition) is 0. The van der Waals surface area contributed by atoms with Crippen LogP contribution < -0.4 is 10.5 Å². The predicted octanol–water partition coefficient (Wildman–Crippen LogP) is 0.715. The molecule has 2 rings (SSSR count).